The average molecular weight is 222 g/mol. The van der Waals surface area contributed by atoms with Gasteiger partial charge in [-0.1, -0.05) is 0 Å². The maximum absolute atomic E-state index is 10.9. The van der Waals surface area contributed by atoms with Gasteiger partial charge in [-0.25, -0.2) is 0 Å². The molecule has 2 aliphatic heterocycles. The number of carboxylic acids is 1. The van der Waals surface area contributed by atoms with Gasteiger partial charge in [0.1, 0.15) is 6.04 Å². The second-order valence-corrected chi connectivity index (χ2v) is 3.77. The average Bonchev–Trinajstić information content (AvgIpc) is 2.74. The topological polar surface area (TPSA) is 58.6 Å². The summed E-state index contributed by atoms with van der Waals surface area (Å²) in [6, 6.07) is -0.386. The van der Waals surface area contributed by atoms with Crippen LogP contribution in [0.15, 0.2) is 0 Å². The number of hydrogen-bond acceptors (Lipinski definition) is 3. The van der Waals surface area contributed by atoms with Crippen molar-refractivity contribution in [2.45, 2.75) is 31.4 Å². The van der Waals surface area contributed by atoms with Crippen molar-refractivity contribution in [3.8, 4) is 0 Å². The summed E-state index contributed by atoms with van der Waals surface area (Å²) in [6.45, 7) is 1.61. The summed E-state index contributed by atoms with van der Waals surface area (Å²) in [5, 5.41) is 11.9. The molecule has 3 atom stereocenters. The molecule has 2 aliphatic rings. The van der Waals surface area contributed by atoms with E-state index >= 15 is 0 Å². The summed E-state index contributed by atoms with van der Waals surface area (Å²) in [5.41, 5.74) is 0. The SMILES string of the molecule is Cl.O=C(O)C1NCCC1C1CCCO1. The molecule has 0 aromatic carbocycles. The highest BCUT2D eigenvalue weighted by Gasteiger charge is 2.39. The minimum atomic E-state index is -0.738. The van der Waals surface area contributed by atoms with Crippen molar-refractivity contribution < 1.29 is 14.6 Å². The van der Waals surface area contributed by atoms with Crippen LogP contribution >= 0.6 is 12.4 Å². The van der Waals surface area contributed by atoms with Crippen LogP contribution in [0.2, 0.25) is 0 Å². The van der Waals surface area contributed by atoms with Crippen LogP contribution in [0.3, 0.4) is 0 Å². The molecule has 2 heterocycles. The van der Waals surface area contributed by atoms with Crippen molar-refractivity contribution in [1.29, 1.82) is 0 Å². The molecule has 0 spiro atoms. The van der Waals surface area contributed by atoms with Crippen LogP contribution < -0.4 is 5.32 Å². The number of halogens is 1. The summed E-state index contributed by atoms with van der Waals surface area (Å²) < 4.78 is 5.51. The second-order valence-electron chi connectivity index (χ2n) is 3.77. The summed E-state index contributed by atoms with van der Waals surface area (Å²) in [5.74, 6) is -0.557. The lowest BCUT2D eigenvalue weighted by Crippen LogP contribution is -2.40. The molecule has 3 unspecified atom stereocenters. The van der Waals surface area contributed by atoms with Gasteiger partial charge in [-0.05, 0) is 25.8 Å². The predicted octanol–water partition coefficient (Wildman–Crippen LogP) is 0.650. The highest BCUT2D eigenvalue weighted by atomic mass is 35.5. The molecular weight excluding hydrogens is 206 g/mol. The van der Waals surface area contributed by atoms with E-state index in [1.54, 1.807) is 0 Å². The third-order valence-corrected chi connectivity index (χ3v) is 2.98. The molecule has 2 saturated heterocycles. The predicted molar refractivity (Wildman–Crippen MR) is 53.8 cm³/mol. The molecule has 4 nitrogen and oxygen atoms in total. The van der Waals surface area contributed by atoms with Crippen LogP contribution in [0.25, 0.3) is 0 Å². The van der Waals surface area contributed by atoms with E-state index in [0.29, 0.717) is 0 Å². The number of hydrogen-bond donors (Lipinski definition) is 2. The lowest BCUT2D eigenvalue weighted by Gasteiger charge is -2.21. The summed E-state index contributed by atoms with van der Waals surface area (Å²) in [6.07, 6.45) is 3.21. The molecule has 82 valence electrons. The van der Waals surface area contributed by atoms with E-state index < -0.39 is 5.97 Å². The fourth-order valence-electron chi connectivity index (χ4n) is 2.33. The number of nitrogens with one attached hydrogen (secondary N) is 1. The van der Waals surface area contributed by atoms with Crippen molar-refractivity contribution in [1.82, 2.24) is 5.32 Å². The molecule has 2 fully saturated rings. The van der Waals surface area contributed by atoms with Gasteiger partial charge in [0.2, 0.25) is 0 Å². The molecule has 0 aromatic heterocycles. The molecular formula is C9H16ClNO3. The van der Waals surface area contributed by atoms with Crippen LogP contribution in [-0.2, 0) is 9.53 Å². The Labute approximate surface area is 89.4 Å². The van der Waals surface area contributed by atoms with Crippen LogP contribution in [0.1, 0.15) is 19.3 Å². The first-order valence-corrected chi connectivity index (χ1v) is 4.87. The monoisotopic (exact) mass is 221 g/mol. The number of ether oxygens (including phenoxy) is 1. The maximum Gasteiger partial charge on any atom is 0.321 e. The zero-order valence-corrected chi connectivity index (χ0v) is 8.76. The first kappa shape index (κ1) is 11.8. The first-order chi connectivity index (χ1) is 6.29. The number of carboxylic acid groups (broad SMARTS) is 1. The highest BCUT2D eigenvalue weighted by molar-refractivity contribution is 5.85. The third-order valence-electron chi connectivity index (χ3n) is 2.98. The Morgan fingerprint density at radius 1 is 1.43 bits per heavy atom. The lowest BCUT2D eigenvalue weighted by molar-refractivity contribution is -0.141. The molecule has 2 N–H and O–H groups in total. The smallest absolute Gasteiger partial charge is 0.321 e. The molecule has 5 heteroatoms. The molecule has 0 amide bonds. The summed E-state index contributed by atoms with van der Waals surface area (Å²) in [4.78, 5) is 10.9. The third kappa shape index (κ3) is 2.19. The van der Waals surface area contributed by atoms with Gasteiger partial charge in [-0.3, -0.25) is 4.79 Å². The van der Waals surface area contributed by atoms with Crippen LogP contribution in [0, 0.1) is 5.92 Å². The Morgan fingerprint density at radius 3 is 2.79 bits per heavy atom. The molecule has 0 aromatic rings. The second kappa shape index (κ2) is 4.96. The number of aliphatic carboxylic acids is 1. The fourth-order valence-corrected chi connectivity index (χ4v) is 2.33. The molecule has 0 bridgehead atoms. The maximum atomic E-state index is 10.9. The van der Waals surface area contributed by atoms with Gasteiger partial charge < -0.3 is 15.2 Å². The first-order valence-electron chi connectivity index (χ1n) is 4.87. The van der Waals surface area contributed by atoms with Gasteiger partial charge in [0, 0.05) is 12.5 Å². The zero-order valence-electron chi connectivity index (χ0n) is 7.94. The van der Waals surface area contributed by atoms with Gasteiger partial charge in [0.25, 0.3) is 0 Å². The standard InChI is InChI=1S/C9H15NO3.ClH/c11-9(12)8-6(3-4-10-8)7-2-1-5-13-7;/h6-8,10H,1-5H2,(H,11,12);1H. The van der Waals surface area contributed by atoms with Crippen LogP contribution in [-0.4, -0.2) is 36.4 Å². The van der Waals surface area contributed by atoms with Crippen molar-refractivity contribution in [3.63, 3.8) is 0 Å². The minimum absolute atomic E-state index is 0. The van der Waals surface area contributed by atoms with E-state index in [1.165, 1.54) is 0 Å². The Kier molecular flexibility index (Phi) is 4.16. The number of rotatable bonds is 2. The van der Waals surface area contributed by atoms with E-state index in [9.17, 15) is 4.79 Å². The van der Waals surface area contributed by atoms with Crippen LogP contribution in [0.5, 0.6) is 0 Å². The Balaban J connectivity index is 0.000000980. The van der Waals surface area contributed by atoms with E-state index in [-0.39, 0.29) is 30.5 Å². The molecule has 0 aliphatic carbocycles. The van der Waals surface area contributed by atoms with Crippen molar-refractivity contribution in [2.24, 2.45) is 5.92 Å². The van der Waals surface area contributed by atoms with E-state index in [0.717, 1.165) is 32.4 Å². The van der Waals surface area contributed by atoms with Gasteiger partial charge in [-0.2, -0.15) is 0 Å². The zero-order chi connectivity index (χ0) is 9.26. The molecule has 0 radical (unpaired) electrons. The molecule has 14 heavy (non-hydrogen) atoms. The van der Waals surface area contributed by atoms with Crippen LogP contribution in [0.4, 0.5) is 0 Å². The Hall–Kier alpha value is -0.320. The summed E-state index contributed by atoms with van der Waals surface area (Å²) in [7, 11) is 0. The Morgan fingerprint density at radius 2 is 2.21 bits per heavy atom. The van der Waals surface area contributed by atoms with E-state index in [4.69, 9.17) is 9.84 Å². The van der Waals surface area contributed by atoms with E-state index in [1.807, 2.05) is 0 Å². The fraction of sp³-hybridized carbons (Fsp3) is 0.889. The minimum Gasteiger partial charge on any atom is -0.480 e. The lowest BCUT2D eigenvalue weighted by atomic mass is 9.92. The molecule has 2 rings (SSSR count). The van der Waals surface area contributed by atoms with Gasteiger partial charge in [0.15, 0.2) is 0 Å². The molecule has 0 saturated carbocycles. The van der Waals surface area contributed by atoms with Crippen molar-refractivity contribution in [3.05, 3.63) is 0 Å². The quantitative estimate of drug-likeness (QED) is 0.719. The van der Waals surface area contributed by atoms with Crippen molar-refractivity contribution in [2.75, 3.05) is 13.2 Å². The van der Waals surface area contributed by atoms with Gasteiger partial charge >= 0.3 is 5.97 Å². The van der Waals surface area contributed by atoms with Crippen molar-refractivity contribution >= 4 is 18.4 Å². The van der Waals surface area contributed by atoms with E-state index in [2.05, 4.69) is 5.32 Å². The number of carbonyl (C=O) groups is 1. The largest absolute Gasteiger partial charge is 0.480 e. The van der Waals surface area contributed by atoms with Gasteiger partial charge in [0.05, 0.1) is 6.10 Å². The Bertz CT molecular complexity index is 206. The summed E-state index contributed by atoms with van der Waals surface area (Å²) >= 11 is 0. The highest BCUT2D eigenvalue weighted by Crippen LogP contribution is 2.28. The normalized spacial score (nSPS) is 36.7. The van der Waals surface area contributed by atoms with Gasteiger partial charge in [-0.15, -0.1) is 12.4 Å².